The molecule has 135 heavy (non-hydrogen) atoms. The summed E-state index contributed by atoms with van der Waals surface area (Å²) in [6, 6.07) is 0. The second-order valence-electron chi connectivity index (χ2n) is 46.1. The van der Waals surface area contributed by atoms with Crippen molar-refractivity contribution in [2.24, 2.45) is 43.3 Å². The molecule has 8 aromatic carbocycles. The quantitative estimate of drug-likeness (QED) is 0.0322. The Labute approximate surface area is 904 Å². The van der Waals surface area contributed by atoms with E-state index in [1.807, 2.05) is 21.1 Å². The number of nitrogens with one attached hydrogen (secondary N) is 1. The van der Waals surface area contributed by atoms with E-state index >= 15 is 0 Å². The van der Waals surface area contributed by atoms with Crippen LogP contribution in [0.15, 0.2) is 0 Å². The summed E-state index contributed by atoms with van der Waals surface area (Å²) in [6.45, 7) is 81.1. The Balaban J connectivity index is 0.000000772. The van der Waals surface area contributed by atoms with Gasteiger partial charge in [-0.05, 0) is 198 Å². The van der Waals surface area contributed by atoms with Gasteiger partial charge in [-0.3, -0.25) is 0 Å². The summed E-state index contributed by atoms with van der Waals surface area (Å²) < 4.78 is 13.4. The van der Waals surface area contributed by atoms with E-state index in [1.165, 1.54) is 66.0 Å². The SMILES string of the molecule is CC(C)(C)CCCc1c(N)c(=S)c1=S.CCN(C)c1c(CCCC(C)(C)C)c(=S)c1=S.CCN(C)c1c(N(C)CCC(C)(C)C)c(=S)c1=S.CCN(CC)c1c(CCCC(C)(C)C)c(=S)c1=S.CCN(CC)c1c(N(C)CCC(C)(C)C)c(=S)c1=S.CCNc1c(N(C)CCC(C)(C)C)c(=S)c1=S.CN(C)c1c(N(C)CCC(C)(C)C)c(=S)c1=S.CN(CCC(C)(C)C)c1c(N)c(=S)c1=S. The molecule has 0 amide bonds. The van der Waals surface area contributed by atoms with E-state index in [1.54, 1.807) is 0 Å². The third-order valence-electron chi connectivity index (χ3n) is 24.0. The van der Waals surface area contributed by atoms with Crippen molar-refractivity contribution in [2.45, 2.75) is 305 Å². The molecule has 0 aromatic heterocycles. The number of nitrogen functional groups attached to an aromatic ring is 2. The van der Waals surface area contributed by atoms with Crippen molar-refractivity contribution in [3.8, 4) is 0 Å². The van der Waals surface area contributed by atoms with Crippen molar-refractivity contribution < 1.29 is 0 Å². The van der Waals surface area contributed by atoms with Gasteiger partial charge in [0.25, 0.3) is 0 Å². The summed E-state index contributed by atoms with van der Waals surface area (Å²) >= 11 is 84.6. The second kappa shape index (κ2) is 56.3. The summed E-state index contributed by atoms with van der Waals surface area (Å²) in [5.41, 5.74) is 32.2. The minimum atomic E-state index is 0.329. The van der Waals surface area contributed by atoms with Crippen molar-refractivity contribution in [3.63, 3.8) is 0 Å². The average Bonchev–Trinajstić information content (AvgIpc) is 0.740. The number of nitrogens with zero attached hydrogens (tertiary/aromatic N) is 10. The van der Waals surface area contributed by atoms with Crippen molar-refractivity contribution in [1.29, 1.82) is 0 Å². The molecule has 8 rings (SSSR count). The summed E-state index contributed by atoms with van der Waals surface area (Å²) in [5.74, 6) is 0. The Morgan fingerprint density at radius 2 is 0.437 bits per heavy atom. The fourth-order valence-corrected chi connectivity index (χ4v) is 19.9. The molecule has 29 heteroatoms. The Kier molecular flexibility index (Phi) is 54.1. The summed E-state index contributed by atoms with van der Waals surface area (Å²) in [7, 11) is 18.6. The standard InChI is InChI=1S/C15H26N2S2.C15H25NS2.C14H24N2S2.C14H23NS2.2C13H22N2S2.C11H18N2S2.C11H17NS2/c1-7-17(8-2)12-11(13(18)14(12)19)16(6)10-9-15(3,4)5;1-6-16(7-2)12-11(13(17)14(12)18)9-8-10-15(3,4)5;1-7-15(5)10-11(13(18)12(10)17)16(6)9-8-14(2,3)4;1-6-15(5)11-10(12(16)13(11)17)8-7-9-14(2,3)4;1-13(2,3)7-8-15(6)10-9(14(4)5)11(16)12(10)17;1-6-14-9-10(12(17)11(9)16)15(5)8-7-13(2,3)4;1-11(2,3)5-6-13(4)8-7(12)9(14)10(8)15;1-11(2,3)6-4-5-7-8(12)10(14)9(7)13/h7-10H2,1-6H3;6-10H2,1-5H3;7-9H2,1-6H3;6-9H2,1-5H3;7-8H2,1-6H3;14H,6-8H2,1-5H3;5-6,12H2,1-4H3;4-6,12H2,1-3H3. The Hall–Kier alpha value is -3.24. The molecule has 0 aliphatic rings. The molecule has 762 valence electrons. The highest BCUT2D eigenvalue weighted by Gasteiger charge is 2.29. The van der Waals surface area contributed by atoms with Gasteiger partial charge in [0.2, 0.25) is 0 Å². The highest BCUT2D eigenvalue weighted by atomic mass is 32.1. The Morgan fingerprint density at radius 3 is 0.733 bits per heavy atom. The Morgan fingerprint density at radius 1 is 0.215 bits per heavy atom. The van der Waals surface area contributed by atoms with Crippen LogP contribution in [0, 0.1) is 115 Å². The Bertz CT molecular complexity index is 5690. The molecule has 0 spiro atoms. The first-order valence-corrected chi connectivity index (χ1v) is 55.1. The molecule has 8 aromatic rings. The van der Waals surface area contributed by atoms with Gasteiger partial charge in [0.05, 0.1) is 146 Å². The molecule has 0 aliphatic carbocycles. The zero-order chi connectivity index (χ0) is 105. The van der Waals surface area contributed by atoms with Crippen LogP contribution in [0.5, 0.6) is 0 Å². The predicted octanol–water partition coefficient (Wildman–Crippen LogP) is 34.9. The van der Waals surface area contributed by atoms with E-state index < -0.39 is 0 Å². The lowest BCUT2D eigenvalue weighted by Crippen LogP contribution is -2.30. The molecule has 0 bridgehead atoms. The minimum Gasteiger partial charge on any atom is -0.397 e. The molecule has 0 saturated heterocycles. The number of anilines is 13. The van der Waals surface area contributed by atoms with Gasteiger partial charge >= 0.3 is 0 Å². The van der Waals surface area contributed by atoms with Crippen LogP contribution < -0.4 is 65.8 Å². The topological polar surface area (TPSA) is 96.5 Å². The zero-order valence-electron chi connectivity index (χ0n) is 91.0. The van der Waals surface area contributed by atoms with E-state index in [2.05, 4.69) is 311 Å². The van der Waals surface area contributed by atoms with E-state index in [4.69, 9.17) is 207 Å². The molecule has 0 unspecified atom stereocenters. The molecule has 0 atom stereocenters. The molecular formula is C106H177N13S16. The third-order valence-corrected chi connectivity index (χ3v) is 31.6. The maximum atomic E-state index is 5.81. The first-order chi connectivity index (χ1) is 61.5. The van der Waals surface area contributed by atoms with Crippen LogP contribution in [0.2, 0.25) is 0 Å². The molecule has 0 fully saturated rings. The van der Waals surface area contributed by atoms with Crippen LogP contribution in [0.4, 0.5) is 73.9 Å². The average molecular weight is 2150 g/mol. The van der Waals surface area contributed by atoms with E-state index in [0.717, 1.165) is 251 Å². The largest absolute Gasteiger partial charge is 0.397 e. The highest BCUT2D eigenvalue weighted by molar-refractivity contribution is 7.76. The number of rotatable bonds is 37. The molecular weight excluding hydrogens is 1970 g/mol. The lowest BCUT2D eigenvalue weighted by atomic mass is 9.88. The van der Waals surface area contributed by atoms with Crippen LogP contribution in [0.1, 0.15) is 302 Å². The molecule has 13 nitrogen and oxygen atoms in total. The second-order valence-corrected chi connectivity index (χ2v) is 52.6. The van der Waals surface area contributed by atoms with Crippen molar-refractivity contribution >= 4 is 269 Å². The zero-order valence-corrected chi connectivity index (χ0v) is 104. The van der Waals surface area contributed by atoms with Crippen molar-refractivity contribution in [2.75, 3.05) is 208 Å². The maximum Gasteiger partial charge on any atom is 0.0835 e. The van der Waals surface area contributed by atoms with Crippen LogP contribution in [0.3, 0.4) is 0 Å². The number of hydrogen-bond donors (Lipinski definition) is 3. The van der Waals surface area contributed by atoms with Crippen LogP contribution in [-0.2, 0) is 19.3 Å². The summed E-state index contributed by atoms with van der Waals surface area (Å²) in [6.07, 6.45) is 16.0. The molecule has 5 N–H and O–H groups in total. The lowest BCUT2D eigenvalue weighted by Gasteiger charge is -2.33. The van der Waals surface area contributed by atoms with Crippen LogP contribution in [0.25, 0.3) is 0 Å². The maximum absolute atomic E-state index is 5.81. The van der Waals surface area contributed by atoms with Gasteiger partial charge in [0.15, 0.2) is 0 Å². The van der Waals surface area contributed by atoms with Crippen molar-refractivity contribution in [3.05, 3.63) is 88.9 Å². The third kappa shape index (κ3) is 40.7. The predicted molar refractivity (Wildman–Crippen MR) is 650 cm³/mol. The first-order valence-electron chi connectivity index (χ1n) is 48.5. The fraction of sp³-hybridized carbons (Fsp3) is 0.698. The van der Waals surface area contributed by atoms with Gasteiger partial charge < -0.3 is 65.8 Å². The van der Waals surface area contributed by atoms with Gasteiger partial charge in [-0.2, -0.15) is 0 Å². The van der Waals surface area contributed by atoms with E-state index in [-0.39, 0.29) is 0 Å². The van der Waals surface area contributed by atoms with Crippen LogP contribution in [-0.4, -0.2) is 142 Å². The minimum absolute atomic E-state index is 0.329. The number of nitrogens with two attached hydrogens (primary N) is 2. The fourth-order valence-electron chi connectivity index (χ4n) is 14.7. The molecule has 0 saturated carbocycles. The highest BCUT2D eigenvalue weighted by Crippen LogP contribution is 2.44. The normalized spacial score (nSPS) is 12.0. The van der Waals surface area contributed by atoms with E-state index in [9.17, 15) is 0 Å². The summed E-state index contributed by atoms with van der Waals surface area (Å²) in [5, 5.41) is 3.30. The smallest absolute Gasteiger partial charge is 0.0835 e. The van der Waals surface area contributed by atoms with Gasteiger partial charge in [-0.1, -0.05) is 362 Å². The van der Waals surface area contributed by atoms with E-state index in [0.29, 0.717) is 58.0 Å². The lowest BCUT2D eigenvalue weighted by molar-refractivity contribution is 0.365. The molecule has 0 radical (unpaired) electrons. The molecule has 0 heterocycles. The van der Waals surface area contributed by atoms with Crippen LogP contribution >= 0.6 is 195 Å². The first kappa shape index (κ1) is 130. The molecule has 0 aliphatic heterocycles. The van der Waals surface area contributed by atoms with Gasteiger partial charge in [0, 0.05) is 142 Å². The summed E-state index contributed by atoms with van der Waals surface area (Å²) in [4.78, 5) is 22.2. The van der Waals surface area contributed by atoms with Gasteiger partial charge in [-0.15, -0.1) is 0 Å². The number of hydrogen-bond acceptors (Lipinski definition) is 29. The monoisotopic (exact) mass is 2140 g/mol. The van der Waals surface area contributed by atoms with Crippen molar-refractivity contribution in [1.82, 2.24) is 0 Å². The van der Waals surface area contributed by atoms with Gasteiger partial charge in [0.1, 0.15) is 0 Å². The van der Waals surface area contributed by atoms with Gasteiger partial charge in [-0.25, -0.2) is 0 Å².